The first-order valence-electron chi connectivity index (χ1n) is 6.14. The third kappa shape index (κ3) is 7.90. The lowest BCUT2D eigenvalue weighted by Gasteiger charge is -2.27. The van der Waals surface area contributed by atoms with Crippen LogP contribution in [0.25, 0.3) is 0 Å². The number of carbonyl (C=O) groups excluding carboxylic acids is 1. The molecule has 0 aromatic rings. The molecule has 2 atom stereocenters. The monoisotopic (exact) mass is 282 g/mol. The van der Waals surface area contributed by atoms with Gasteiger partial charge in [0.05, 0.1) is 6.04 Å². The Morgan fingerprint density at radius 2 is 1.94 bits per heavy atom. The predicted octanol–water partition coefficient (Wildman–Crippen LogP) is 2.53. The molecule has 0 aromatic heterocycles. The number of thioether (sulfide) groups is 1. The Morgan fingerprint density at radius 1 is 1.35 bits per heavy atom. The summed E-state index contributed by atoms with van der Waals surface area (Å²) in [6.07, 6.45) is 2.78. The third-order valence-corrected chi connectivity index (χ3v) is 3.74. The zero-order valence-corrected chi connectivity index (χ0v) is 13.1. The van der Waals surface area contributed by atoms with E-state index in [1.807, 2.05) is 18.8 Å². The Kier molecular flexibility index (Phi) is 12.8. The van der Waals surface area contributed by atoms with Crippen LogP contribution in [-0.2, 0) is 4.79 Å². The fraction of sp³-hybridized carbons (Fsp3) is 0.917. The minimum atomic E-state index is -0.323. The Hall–Kier alpha value is 0.0700. The summed E-state index contributed by atoms with van der Waals surface area (Å²) < 4.78 is 0. The summed E-state index contributed by atoms with van der Waals surface area (Å²) >= 11 is 1.91. The molecule has 5 heteroatoms. The molecule has 0 rings (SSSR count). The topological polar surface area (TPSA) is 46.3 Å². The van der Waals surface area contributed by atoms with Crippen LogP contribution >= 0.6 is 24.2 Å². The van der Waals surface area contributed by atoms with E-state index in [0.717, 1.165) is 30.8 Å². The van der Waals surface area contributed by atoms with Crippen molar-refractivity contribution < 1.29 is 4.79 Å². The lowest BCUT2D eigenvalue weighted by molar-refractivity contribution is -0.133. The van der Waals surface area contributed by atoms with Crippen molar-refractivity contribution in [1.29, 1.82) is 0 Å². The molecule has 1 amide bonds. The molecule has 0 saturated heterocycles. The van der Waals surface area contributed by atoms with Gasteiger partial charge in [-0.25, -0.2) is 0 Å². The molecule has 0 bridgehead atoms. The average molecular weight is 283 g/mol. The van der Waals surface area contributed by atoms with Gasteiger partial charge in [0, 0.05) is 13.1 Å². The van der Waals surface area contributed by atoms with Crippen molar-refractivity contribution in [3.05, 3.63) is 0 Å². The summed E-state index contributed by atoms with van der Waals surface area (Å²) in [5.74, 6) is 2.33. The second kappa shape index (κ2) is 11.2. The van der Waals surface area contributed by atoms with Crippen LogP contribution < -0.4 is 5.73 Å². The number of nitrogens with two attached hydrogens (primary N) is 1. The molecular formula is C12H27ClN2OS. The van der Waals surface area contributed by atoms with Gasteiger partial charge in [0.25, 0.3) is 0 Å². The summed E-state index contributed by atoms with van der Waals surface area (Å²) in [6, 6.07) is -0.0364. The summed E-state index contributed by atoms with van der Waals surface area (Å²) in [5, 5.41) is 0. The first-order valence-corrected chi connectivity index (χ1v) is 7.30. The quantitative estimate of drug-likeness (QED) is 0.696. The lowest BCUT2D eigenvalue weighted by atomic mass is 10.1. The van der Waals surface area contributed by atoms with E-state index in [1.54, 1.807) is 4.90 Å². The Balaban J connectivity index is 0. The lowest BCUT2D eigenvalue weighted by Crippen LogP contribution is -2.45. The largest absolute Gasteiger partial charge is 0.342 e. The fourth-order valence-electron chi connectivity index (χ4n) is 1.51. The Bertz CT molecular complexity index is 205. The number of hydrogen-bond donors (Lipinski definition) is 1. The summed E-state index contributed by atoms with van der Waals surface area (Å²) in [7, 11) is 1.86. The van der Waals surface area contributed by atoms with Crippen molar-refractivity contribution >= 4 is 30.1 Å². The van der Waals surface area contributed by atoms with Gasteiger partial charge in [-0.3, -0.25) is 4.79 Å². The smallest absolute Gasteiger partial charge is 0.239 e. The molecule has 0 spiro atoms. The van der Waals surface area contributed by atoms with Crippen LogP contribution in [0.4, 0.5) is 0 Å². The van der Waals surface area contributed by atoms with E-state index >= 15 is 0 Å². The highest BCUT2D eigenvalue weighted by Crippen LogP contribution is 2.10. The van der Waals surface area contributed by atoms with Gasteiger partial charge >= 0.3 is 0 Å². The van der Waals surface area contributed by atoms with Gasteiger partial charge in [0.1, 0.15) is 0 Å². The Labute approximate surface area is 116 Å². The van der Waals surface area contributed by atoms with Crippen molar-refractivity contribution in [3.8, 4) is 0 Å². The van der Waals surface area contributed by atoms with Crippen LogP contribution in [0, 0.1) is 0 Å². The number of carbonyl (C=O) groups is 1. The zero-order chi connectivity index (χ0) is 12.6. The van der Waals surface area contributed by atoms with E-state index in [2.05, 4.69) is 20.8 Å². The molecule has 0 aromatic carbocycles. The standard InChI is InChI=1S/C12H26N2OS.ClH/c1-5-7-11(13)12(15)14(4)10(3)8-9-16-6-2;/h10-11H,5-9,13H2,1-4H3;1H. The normalized spacial score (nSPS) is 13.7. The van der Waals surface area contributed by atoms with Gasteiger partial charge in [-0.15, -0.1) is 12.4 Å². The van der Waals surface area contributed by atoms with Crippen LogP contribution in [-0.4, -0.2) is 41.4 Å². The van der Waals surface area contributed by atoms with Crippen LogP contribution in [0.1, 0.15) is 40.0 Å². The van der Waals surface area contributed by atoms with Gasteiger partial charge < -0.3 is 10.6 Å². The molecule has 0 aliphatic heterocycles. The zero-order valence-electron chi connectivity index (χ0n) is 11.4. The number of halogens is 1. The van der Waals surface area contributed by atoms with Crippen LogP contribution in [0.2, 0.25) is 0 Å². The van der Waals surface area contributed by atoms with E-state index in [4.69, 9.17) is 5.73 Å². The Morgan fingerprint density at radius 3 is 2.41 bits per heavy atom. The molecular weight excluding hydrogens is 256 g/mol. The number of nitrogens with zero attached hydrogens (tertiary/aromatic N) is 1. The van der Waals surface area contributed by atoms with Gasteiger partial charge in [-0.05, 0) is 31.3 Å². The van der Waals surface area contributed by atoms with Crippen molar-refractivity contribution in [3.63, 3.8) is 0 Å². The van der Waals surface area contributed by atoms with Crippen LogP contribution in [0.15, 0.2) is 0 Å². The van der Waals surface area contributed by atoms with Crippen molar-refractivity contribution in [1.82, 2.24) is 4.90 Å². The second-order valence-electron chi connectivity index (χ2n) is 4.18. The van der Waals surface area contributed by atoms with E-state index in [9.17, 15) is 4.79 Å². The minimum absolute atomic E-state index is 0. The number of amides is 1. The molecule has 2 N–H and O–H groups in total. The molecule has 0 saturated carbocycles. The second-order valence-corrected chi connectivity index (χ2v) is 5.57. The highest BCUT2D eigenvalue weighted by Gasteiger charge is 2.20. The number of rotatable bonds is 8. The third-order valence-electron chi connectivity index (χ3n) is 2.81. The fourth-order valence-corrected chi connectivity index (χ4v) is 2.30. The van der Waals surface area contributed by atoms with Crippen molar-refractivity contribution in [2.45, 2.75) is 52.1 Å². The van der Waals surface area contributed by atoms with Crippen LogP contribution in [0.3, 0.4) is 0 Å². The molecule has 0 radical (unpaired) electrons. The first kappa shape index (κ1) is 19.4. The van der Waals surface area contributed by atoms with Gasteiger partial charge in [0.15, 0.2) is 0 Å². The van der Waals surface area contributed by atoms with Gasteiger partial charge in [-0.1, -0.05) is 20.3 Å². The van der Waals surface area contributed by atoms with E-state index in [0.29, 0.717) is 0 Å². The van der Waals surface area contributed by atoms with Gasteiger partial charge in [0.2, 0.25) is 5.91 Å². The SMILES string of the molecule is CCCC(N)C(=O)N(C)C(C)CCSCC.Cl. The van der Waals surface area contributed by atoms with Gasteiger partial charge in [-0.2, -0.15) is 11.8 Å². The van der Waals surface area contributed by atoms with E-state index in [1.165, 1.54) is 0 Å². The molecule has 104 valence electrons. The molecule has 3 nitrogen and oxygen atoms in total. The summed E-state index contributed by atoms with van der Waals surface area (Å²) in [5.41, 5.74) is 5.82. The summed E-state index contributed by atoms with van der Waals surface area (Å²) in [4.78, 5) is 13.7. The summed E-state index contributed by atoms with van der Waals surface area (Å²) in [6.45, 7) is 6.29. The minimum Gasteiger partial charge on any atom is -0.342 e. The molecule has 0 fully saturated rings. The van der Waals surface area contributed by atoms with Crippen LogP contribution in [0.5, 0.6) is 0 Å². The molecule has 0 heterocycles. The molecule has 2 unspecified atom stereocenters. The molecule has 0 aliphatic carbocycles. The average Bonchev–Trinajstić information content (AvgIpc) is 2.27. The van der Waals surface area contributed by atoms with Crippen molar-refractivity contribution in [2.24, 2.45) is 5.73 Å². The van der Waals surface area contributed by atoms with E-state index in [-0.39, 0.29) is 30.4 Å². The molecule has 0 aliphatic rings. The van der Waals surface area contributed by atoms with Crippen molar-refractivity contribution in [2.75, 3.05) is 18.6 Å². The maximum atomic E-state index is 11.9. The first-order chi connectivity index (χ1) is 7.54. The maximum Gasteiger partial charge on any atom is 0.239 e. The number of likely N-dealkylation sites (N-methyl/N-ethyl adjacent to an activating group) is 1. The highest BCUT2D eigenvalue weighted by atomic mass is 35.5. The number of hydrogen-bond acceptors (Lipinski definition) is 3. The van der Waals surface area contributed by atoms with E-state index < -0.39 is 0 Å². The highest BCUT2D eigenvalue weighted by molar-refractivity contribution is 7.99. The molecule has 17 heavy (non-hydrogen) atoms. The maximum absolute atomic E-state index is 11.9. The predicted molar refractivity (Wildman–Crippen MR) is 80.0 cm³/mol.